The molecule has 0 radical (unpaired) electrons. The van der Waals surface area contributed by atoms with E-state index in [1.54, 1.807) is 6.92 Å². The van der Waals surface area contributed by atoms with Crippen molar-refractivity contribution < 1.29 is 14.7 Å². The highest BCUT2D eigenvalue weighted by atomic mass is 16.3. The zero-order valence-corrected chi connectivity index (χ0v) is 16.3. The maximum absolute atomic E-state index is 13.4. The average Bonchev–Trinajstić information content (AvgIpc) is 2.77. The Bertz CT molecular complexity index is 598. The van der Waals surface area contributed by atoms with Crippen LogP contribution in [0.3, 0.4) is 0 Å². The minimum absolute atomic E-state index is 0.0566. The fourth-order valence-electron chi connectivity index (χ4n) is 8.29. The number of carbonyl (C=O) groups excluding carboxylic acids is 2. The molecule has 4 rings (SSSR count). The quantitative estimate of drug-likeness (QED) is 0.780. The van der Waals surface area contributed by atoms with Gasteiger partial charge in [-0.3, -0.25) is 9.59 Å². The first-order valence-corrected chi connectivity index (χ1v) is 10.4. The van der Waals surface area contributed by atoms with Gasteiger partial charge in [0.15, 0.2) is 0 Å². The van der Waals surface area contributed by atoms with Crippen LogP contribution in [0, 0.1) is 46.3 Å². The smallest absolute Gasteiger partial charge is 0.137 e. The van der Waals surface area contributed by atoms with Crippen LogP contribution in [0.25, 0.3) is 0 Å². The van der Waals surface area contributed by atoms with Crippen molar-refractivity contribution in [3.05, 3.63) is 0 Å². The van der Waals surface area contributed by atoms with Gasteiger partial charge in [-0.1, -0.05) is 20.8 Å². The minimum atomic E-state index is -0.174. The van der Waals surface area contributed by atoms with E-state index in [1.807, 2.05) is 0 Å². The van der Waals surface area contributed by atoms with Gasteiger partial charge in [0, 0.05) is 18.3 Å². The van der Waals surface area contributed by atoms with Crippen LogP contribution in [0.5, 0.6) is 0 Å². The van der Waals surface area contributed by atoms with Gasteiger partial charge in [-0.2, -0.15) is 0 Å². The second-order valence-corrected chi connectivity index (χ2v) is 10.4. The molecule has 140 valence electrons. The molecule has 0 aromatic rings. The van der Waals surface area contributed by atoms with Crippen LogP contribution < -0.4 is 0 Å². The molecule has 4 fully saturated rings. The van der Waals surface area contributed by atoms with E-state index in [0.717, 1.165) is 38.5 Å². The number of ketones is 2. The largest absolute Gasteiger partial charge is 0.393 e. The molecule has 4 saturated carbocycles. The zero-order chi connectivity index (χ0) is 18.1. The molecule has 0 heterocycles. The summed E-state index contributed by atoms with van der Waals surface area (Å²) in [6.45, 7) is 8.52. The van der Waals surface area contributed by atoms with Crippen molar-refractivity contribution in [2.75, 3.05) is 0 Å². The van der Waals surface area contributed by atoms with E-state index in [-0.39, 0.29) is 34.6 Å². The average molecular weight is 347 g/mol. The maximum atomic E-state index is 13.4. The maximum Gasteiger partial charge on any atom is 0.137 e. The van der Waals surface area contributed by atoms with Crippen LogP contribution in [0.2, 0.25) is 0 Å². The molecule has 0 saturated heterocycles. The van der Waals surface area contributed by atoms with Crippen LogP contribution in [0.1, 0.15) is 72.6 Å². The van der Waals surface area contributed by atoms with E-state index in [1.165, 1.54) is 0 Å². The van der Waals surface area contributed by atoms with Crippen molar-refractivity contribution in [2.24, 2.45) is 46.3 Å². The first-order chi connectivity index (χ1) is 11.7. The monoisotopic (exact) mass is 346 g/mol. The third-order valence-corrected chi connectivity index (χ3v) is 9.10. The van der Waals surface area contributed by atoms with Crippen LogP contribution >= 0.6 is 0 Å². The second-order valence-electron chi connectivity index (χ2n) is 10.4. The lowest BCUT2D eigenvalue weighted by atomic mass is 9.44. The van der Waals surface area contributed by atoms with Gasteiger partial charge in [0.2, 0.25) is 0 Å². The Morgan fingerprint density at radius 2 is 1.84 bits per heavy atom. The summed E-state index contributed by atoms with van der Waals surface area (Å²) in [5.41, 5.74) is -0.0566. The fraction of sp³-hybridized carbons (Fsp3) is 0.909. The number of hydrogen-bond donors (Lipinski definition) is 1. The van der Waals surface area contributed by atoms with Crippen molar-refractivity contribution >= 4 is 11.6 Å². The van der Waals surface area contributed by atoms with Crippen LogP contribution in [0.4, 0.5) is 0 Å². The highest BCUT2D eigenvalue weighted by Gasteiger charge is 2.65. The van der Waals surface area contributed by atoms with Crippen molar-refractivity contribution in [3.63, 3.8) is 0 Å². The van der Waals surface area contributed by atoms with Crippen molar-refractivity contribution in [3.8, 4) is 0 Å². The SMILES string of the molecule is CC(=O)[C@H]1C(C)C[C@H]2[C@@H]3CCC4CC(O)CC[C@]4(C)[C@H]3C(=O)C[C@]12C. The van der Waals surface area contributed by atoms with Gasteiger partial charge in [-0.05, 0) is 80.0 Å². The van der Waals surface area contributed by atoms with Crippen molar-refractivity contribution in [1.82, 2.24) is 0 Å². The molecule has 0 aliphatic heterocycles. The number of aliphatic hydroxyl groups excluding tert-OH is 1. The van der Waals surface area contributed by atoms with Gasteiger partial charge >= 0.3 is 0 Å². The molecule has 4 aliphatic rings. The lowest BCUT2D eigenvalue weighted by Gasteiger charge is -2.59. The number of rotatable bonds is 1. The minimum Gasteiger partial charge on any atom is -0.393 e. The Labute approximate surface area is 151 Å². The molecule has 3 unspecified atom stereocenters. The lowest BCUT2D eigenvalue weighted by molar-refractivity contribution is -0.162. The topological polar surface area (TPSA) is 54.4 Å². The molecular weight excluding hydrogens is 312 g/mol. The first kappa shape index (κ1) is 17.7. The Kier molecular flexibility index (Phi) is 4.00. The Balaban J connectivity index is 1.70. The summed E-state index contributed by atoms with van der Waals surface area (Å²) in [5, 5.41) is 10.1. The Morgan fingerprint density at radius 1 is 1.12 bits per heavy atom. The van der Waals surface area contributed by atoms with Gasteiger partial charge < -0.3 is 5.11 Å². The van der Waals surface area contributed by atoms with Gasteiger partial charge in [0.05, 0.1) is 6.10 Å². The van der Waals surface area contributed by atoms with E-state index in [0.29, 0.717) is 35.9 Å². The third-order valence-electron chi connectivity index (χ3n) is 9.10. The zero-order valence-electron chi connectivity index (χ0n) is 16.3. The highest BCUT2D eigenvalue weighted by Crippen LogP contribution is 2.67. The van der Waals surface area contributed by atoms with Crippen LogP contribution in [-0.4, -0.2) is 22.8 Å². The summed E-state index contributed by atoms with van der Waals surface area (Å²) < 4.78 is 0. The Morgan fingerprint density at radius 3 is 2.52 bits per heavy atom. The van der Waals surface area contributed by atoms with E-state index < -0.39 is 0 Å². The molecule has 0 bridgehead atoms. The van der Waals surface area contributed by atoms with Gasteiger partial charge in [0.1, 0.15) is 11.6 Å². The van der Waals surface area contributed by atoms with E-state index in [9.17, 15) is 14.7 Å². The van der Waals surface area contributed by atoms with Crippen LogP contribution in [0.15, 0.2) is 0 Å². The molecule has 1 N–H and O–H groups in total. The molecule has 3 nitrogen and oxygen atoms in total. The molecule has 0 spiro atoms. The summed E-state index contributed by atoms with van der Waals surface area (Å²) in [6, 6.07) is 0. The summed E-state index contributed by atoms with van der Waals surface area (Å²) in [4.78, 5) is 25.8. The third kappa shape index (κ3) is 2.33. The highest BCUT2D eigenvalue weighted by molar-refractivity contribution is 5.87. The van der Waals surface area contributed by atoms with Gasteiger partial charge in [0.25, 0.3) is 0 Å². The van der Waals surface area contributed by atoms with Gasteiger partial charge in [-0.25, -0.2) is 0 Å². The number of aliphatic hydroxyl groups is 1. The molecule has 0 amide bonds. The number of Topliss-reactive ketones (excluding diaryl/α,β-unsaturated/α-hetero) is 2. The van der Waals surface area contributed by atoms with E-state index in [2.05, 4.69) is 20.8 Å². The predicted octanol–water partition coefficient (Wildman–Crippen LogP) is 4.02. The molecule has 25 heavy (non-hydrogen) atoms. The van der Waals surface area contributed by atoms with E-state index in [4.69, 9.17) is 0 Å². The normalized spacial score (nSPS) is 55.2. The summed E-state index contributed by atoms with van der Waals surface area (Å²) in [6.07, 6.45) is 6.50. The predicted molar refractivity (Wildman–Crippen MR) is 96.8 cm³/mol. The molecule has 9 atom stereocenters. The molecule has 4 aliphatic carbocycles. The lowest BCUT2D eigenvalue weighted by Crippen LogP contribution is -2.58. The summed E-state index contributed by atoms with van der Waals surface area (Å²) in [5.74, 6) is 2.79. The number of carbonyl (C=O) groups is 2. The molecule has 0 aromatic heterocycles. The molecule has 0 aromatic carbocycles. The first-order valence-electron chi connectivity index (χ1n) is 10.4. The van der Waals surface area contributed by atoms with Crippen molar-refractivity contribution in [1.29, 1.82) is 0 Å². The molecule has 3 heteroatoms. The Hall–Kier alpha value is -0.700. The van der Waals surface area contributed by atoms with E-state index >= 15 is 0 Å². The standard InChI is InChI=1S/C22H34O3/c1-12-9-17-16-6-5-14-10-15(24)7-8-21(14,3)20(16)18(25)11-22(17,4)19(12)13(2)23/h12,14-17,19-20,24H,5-11H2,1-4H3/t12?,14?,15?,16-,17-,19+,20+,21-,22-/m0/s1. The van der Waals surface area contributed by atoms with Gasteiger partial charge in [-0.15, -0.1) is 0 Å². The van der Waals surface area contributed by atoms with Crippen molar-refractivity contribution in [2.45, 2.75) is 78.7 Å². The summed E-state index contributed by atoms with van der Waals surface area (Å²) in [7, 11) is 0. The molecular formula is C22H34O3. The summed E-state index contributed by atoms with van der Waals surface area (Å²) >= 11 is 0. The number of fused-ring (bicyclic) bond motifs is 5. The number of hydrogen-bond acceptors (Lipinski definition) is 3. The fourth-order valence-corrected chi connectivity index (χ4v) is 8.29. The second kappa shape index (κ2) is 5.65. The van der Waals surface area contributed by atoms with Crippen LogP contribution in [-0.2, 0) is 9.59 Å².